The number of carboxylic acid groups (broad SMARTS) is 1. The first-order valence-electron chi connectivity index (χ1n) is 9.27. The molecule has 2 N–H and O–H groups in total. The molecule has 1 heterocycles. The monoisotopic (exact) mass is 391 g/mol. The van der Waals surface area contributed by atoms with Crippen LogP contribution in [-0.4, -0.2) is 39.3 Å². The second-order valence-electron chi connectivity index (χ2n) is 6.68. The molecule has 2 aromatic carbocycles. The highest BCUT2D eigenvalue weighted by atomic mass is 16.4. The SMILES string of the molecule is O=C(O)CCCN1C(=O)C(O)=C(C(=O)/C=C/c2ccccc2)[C@@H]1c1ccccc1. The quantitative estimate of drug-likeness (QED) is 0.671. The molecule has 3 rings (SSSR count). The highest BCUT2D eigenvalue weighted by Crippen LogP contribution is 2.38. The molecule has 0 aliphatic carbocycles. The third-order valence-corrected chi connectivity index (χ3v) is 4.70. The molecule has 0 spiro atoms. The normalized spacial score (nSPS) is 16.6. The molecule has 29 heavy (non-hydrogen) atoms. The number of carbonyl (C=O) groups excluding carboxylic acids is 2. The molecular weight excluding hydrogens is 370 g/mol. The summed E-state index contributed by atoms with van der Waals surface area (Å²) in [4.78, 5) is 37.8. The fraction of sp³-hybridized carbons (Fsp3) is 0.174. The van der Waals surface area contributed by atoms with Crippen molar-refractivity contribution >= 4 is 23.7 Å². The molecule has 0 unspecified atom stereocenters. The maximum Gasteiger partial charge on any atom is 0.303 e. The van der Waals surface area contributed by atoms with Gasteiger partial charge in [-0.25, -0.2) is 0 Å². The van der Waals surface area contributed by atoms with E-state index >= 15 is 0 Å². The number of carboxylic acids is 1. The first-order chi connectivity index (χ1) is 14.0. The molecular formula is C23H21NO5. The van der Waals surface area contributed by atoms with E-state index in [1.807, 2.05) is 36.4 Å². The lowest BCUT2D eigenvalue weighted by atomic mass is 9.95. The number of carbonyl (C=O) groups is 3. The Bertz CT molecular complexity index is 963. The predicted molar refractivity (Wildman–Crippen MR) is 108 cm³/mol. The van der Waals surface area contributed by atoms with E-state index in [0.29, 0.717) is 5.56 Å². The van der Waals surface area contributed by atoms with Crippen molar-refractivity contribution in [2.45, 2.75) is 18.9 Å². The van der Waals surface area contributed by atoms with Crippen molar-refractivity contribution in [2.24, 2.45) is 0 Å². The standard InChI is InChI=1S/C23H21NO5/c25-18(14-13-16-8-3-1-4-9-16)20-21(17-10-5-2-6-11-17)24(23(29)22(20)28)15-7-12-19(26)27/h1-6,8-11,13-14,21,28H,7,12,15H2,(H,26,27)/b14-13+/t21-/m0/s1. The van der Waals surface area contributed by atoms with Crippen LogP contribution in [-0.2, 0) is 14.4 Å². The molecule has 1 aliphatic heterocycles. The van der Waals surface area contributed by atoms with E-state index in [9.17, 15) is 19.5 Å². The maximum absolute atomic E-state index is 12.9. The Labute approximate surface area is 168 Å². The van der Waals surface area contributed by atoms with Gasteiger partial charge in [0.25, 0.3) is 5.91 Å². The van der Waals surface area contributed by atoms with Crippen LogP contribution in [0.1, 0.15) is 30.0 Å². The van der Waals surface area contributed by atoms with E-state index in [1.54, 1.807) is 30.3 Å². The molecule has 148 valence electrons. The van der Waals surface area contributed by atoms with E-state index in [4.69, 9.17) is 5.11 Å². The number of rotatable bonds is 8. The molecule has 6 nitrogen and oxygen atoms in total. The number of benzene rings is 2. The summed E-state index contributed by atoms with van der Waals surface area (Å²) < 4.78 is 0. The Hall–Kier alpha value is -3.67. The Morgan fingerprint density at radius 2 is 1.62 bits per heavy atom. The minimum Gasteiger partial charge on any atom is -0.503 e. The number of ketones is 1. The Morgan fingerprint density at radius 1 is 1.00 bits per heavy atom. The number of aliphatic carboxylic acids is 1. The fourth-order valence-corrected chi connectivity index (χ4v) is 3.34. The number of aliphatic hydroxyl groups excluding tert-OH is 1. The van der Waals surface area contributed by atoms with Crippen molar-refractivity contribution in [2.75, 3.05) is 6.54 Å². The van der Waals surface area contributed by atoms with Gasteiger partial charge in [0.05, 0.1) is 11.6 Å². The molecule has 0 saturated carbocycles. The average Bonchev–Trinajstić information content (AvgIpc) is 2.98. The summed E-state index contributed by atoms with van der Waals surface area (Å²) in [5.74, 6) is -2.68. The molecule has 0 fully saturated rings. The highest BCUT2D eigenvalue weighted by Gasteiger charge is 2.42. The maximum atomic E-state index is 12.9. The van der Waals surface area contributed by atoms with Gasteiger partial charge in [0.1, 0.15) is 0 Å². The van der Waals surface area contributed by atoms with Gasteiger partial charge in [-0.15, -0.1) is 0 Å². The van der Waals surface area contributed by atoms with Crippen LogP contribution in [0.15, 0.2) is 78.1 Å². The number of allylic oxidation sites excluding steroid dienone is 1. The van der Waals surface area contributed by atoms with Gasteiger partial charge in [-0.2, -0.15) is 0 Å². The molecule has 0 saturated heterocycles. The summed E-state index contributed by atoms with van der Waals surface area (Å²) in [6.07, 6.45) is 3.08. The lowest BCUT2D eigenvalue weighted by Crippen LogP contribution is -2.32. The third-order valence-electron chi connectivity index (χ3n) is 4.70. The van der Waals surface area contributed by atoms with Gasteiger partial charge in [0.2, 0.25) is 0 Å². The molecule has 1 amide bonds. The first kappa shape index (κ1) is 20.1. The van der Waals surface area contributed by atoms with Crippen molar-refractivity contribution in [1.82, 2.24) is 4.90 Å². The largest absolute Gasteiger partial charge is 0.503 e. The molecule has 0 bridgehead atoms. The molecule has 0 radical (unpaired) electrons. The summed E-state index contributed by atoms with van der Waals surface area (Å²) in [5.41, 5.74) is 1.50. The van der Waals surface area contributed by atoms with Crippen LogP contribution < -0.4 is 0 Å². The lowest BCUT2D eigenvalue weighted by molar-refractivity contribution is -0.138. The minimum absolute atomic E-state index is 0.00343. The second-order valence-corrected chi connectivity index (χ2v) is 6.68. The summed E-state index contributed by atoms with van der Waals surface area (Å²) in [6, 6.07) is 17.4. The van der Waals surface area contributed by atoms with E-state index in [1.165, 1.54) is 11.0 Å². The van der Waals surface area contributed by atoms with Crippen molar-refractivity contribution in [1.29, 1.82) is 0 Å². The number of amides is 1. The van der Waals surface area contributed by atoms with E-state index in [0.717, 1.165) is 5.56 Å². The molecule has 6 heteroatoms. The van der Waals surface area contributed by atoms with E-state index < -0.39 is 29.5 Å². The lowest BCUT2D eigenvalue weighted by Gasteiger charge is -2.26. The first-order valence-corrected chi connectivity index (χ1v) is 9.27. The van der Waals surface area contributed by atoms with E-state index in [2.05, 4.69) is 0 Å². The topological polar surface area (TPSA) is 94.9 Å². The van der Waals surface area contributed by atoms with Gasteiger partial charge in [0.15, 0.2) is 11.5 Å². The second kappa shape index (κ2) is 9.01. The van der Waals surface area contributed by atoms with Crippen molar-refractivity contribution in [3.8, 4) is 0 Å². The van der Waals surface area contributed by atoms with Gasteiger partial charge in [-0.05, 0) is 23.6 Å². The summed E-state index contributed by atoms with van der Waals surface area (Å²) >= 11 is 0. The smallest absolute Gasteiger partial charge is 0.303 e. The number of hydrogen-bond acceptors (Lipinski definition) is 4. The fourth-order valence-electron chi connectivity index (χ4n) is 3.34. The predicted octanol–water partition coefficient (Wildman–Crippen LogP) is 3.53. The Morgan fingerprint density at radius 3 is 2.24 bits per heavy atom. The van der Waals surface area contributed by atoms with E-state index in [-0.39, 0.29) is 25.0 Å². The van der Waals surface area contributed by atoms with Crippen molar-refractivity contribution < 1.29 is 24.6 Å². The van der Waals surface area contributed by atoms with Gasteiger partial charge < -0.3 is 15.1 Å². The van der Waals surface area contributed by atoms with Crippen molar-refractivity contribution in [3.63, 3.8) is 0 Å². The Balaban J connectivity index is 1.92. The Kier molecular flexibility index (Phi) is 6.24. The average molecular weight is 391 g/mol. The zero-order chi connectivity index (χ0) is 20.8. The molecule has 1 aliphatic rings. The number of hydrogen-bond donors (Lipinski definition) is 2. The van der Waals surface area contributed by atoms with Gasteiger partial charge in [-0.1, -0.05) is 66.7 Å². The third kappa shape index (κ3) is 4.60. The molecule has 2 aromatic rings. The zero-order valence-corrected chi connectivity index (χ0v) is 15.7. The summed E-state index contributed by atoms with van der Waals surface area (Å²) in [6.45, 7) is 0.119. The van der Waals surface area contributed by atoms with Crippen molar-refractivity contribution in [3.05, 3.63) is 89.2 Å². The van der Waals surface area contributed by atoms with Crippen LogP contribution >= 0.6 is 0 Å². The van der Waals surface area contributed by atoms with Crippen LogP contribution in [0.4, 0.5) is 0 Å². The van der Waals surface area contributed by atoms with Crippen LogP contribution in [0.2, 0.25) is 0 Å². The zero-order valence-electron chi connectivity index (χ0n) is 15.7. The minimum atomic E-state index is -0.966. The van der Waals surface area contributed by atoms with Crippen LogP contribution in [0.5, 0.6) is 0 Å². The van der Waals surface area contributed by atoms with Gasteiger partial charge in [-0.3, -0.25) is 14.4 Å². The van der Waals surface area contributed by atoms with Crippen LogP contribution in [0.3, 0.4) is 0 Å². The number of aliphatic hydroxyl groups is 1. The molecule has 0 aromatic heterocycles. The summed E-state index contributed by atoms with van der Waals surface area (Å²) in [7, 11) is 0. The molecule has 1 atom stereocenters. The van der Waals surface area contributed by atoms with Crippen LogP contribution in [0.25, 0.3) is 6.08 Å². The number of nitrogens with zero attached hydrogens (tertiary/aromatic N) is 1. The highest BCUT2D eigenvalue weighted by molar-refractivity contribution is 6.14. The van der Waals surface area contributed by atoms with Gasteiger partial charge in [0, 0.05) is 13.0 Å². The van der Waals surface area contributed by atoms with Gasteiger partial charge >= 0.3 is 5.97 Å². The van der Waals surface area contributed by atoms with Crippen LogP contribution in [0, 0.1) is 0 Å². The summed E-state index contributed by atoms with van der Waals surface area (Å²) in [5, 5.41) is 19.3.